The van der Waals surface area contributed by atoms with Gasteiger partial charge in [0, 0.05) is 38.4 Å². The molecule has 1 fully saturated rings. The zero-order valence-electron chi connectivity index (χ0n) is 14.0. The maximum absolute atomic E-state index is 13.0. The minimum Gasteiger partial charge on any atom is -0.379 e. The summed E-state index contributed by atoms with van der Waals surface area (Å²) in [5.41, 5.74) is 1.04. The van der Waals surface area contributed by atoms with Gasteiger partial charge in [0.2, 0.25) is 0 Å². The molecule has 2 rings (SSSR count). The number of morpholine rings is 1. The number of nitrogens with zero attached hydrogens (tertiary/aromatic N) is 2. The van der Waals surface area contributed by atoms with Gasteiger partial charge < -0.3 is 9.64 Å². The van der Waals surface area contributed by atoms with Crippen molar-refractivity contribution < 1.29 is 17.9 Å². The lowest BCUT2D eigenvalue weighted by molar-refractivity contribution is -0.137. The van der Waals surface area contributed by atoms with Gasteiger partial charge in [-0.2, -0.15) is 13.2 Å². The van der Waals surface area contributed by atoms with E-state index in [9.17, 15) is 13.2 Å². The lowest BCUT2D eigenvalue weighted by Gasteiger charge is -2.30. The molecule has 1 aromatic rings. The monoisotopic (exact) mass is 330 g/mol. The van der Waals surface area contributed by atoms with Crippen molar-refractivity contribution in [2.45, 2.75) is 32.5 Å². The van der Waals surface area contributed by atoms with Crippen molar-refractivity contribution in [3.05, 3.63) is 29.3 Å². The van der Waals surface area contributed by atoms with Crippen LogP contribution in [0, 0.1) is 0 Å². The fourth-order valence-corrected chi connectivity index (χ4v) is 2.66. The molecular weight excluding hydrogens is 305 g/mol. The van der Waals surface area contributed by atoms with E-state index in [0.29, 0.717) is 5.69 Å². The van der Waals surface area contributed by atoms with Crippen LogP contribution in [-0.4, -0.2) is 50.8 Å². The second-order valence-electron chi connectivity index (χ2n) is 6.25. The summed E-state index contributed by atoms with van der Waals surface area (Å²) in [5.74, 6) is 0. The highest BCUT2D eigenvalue weighted by Gasteiger charge is 2.31. The lowest BCUT2D eigenvalue weighted by Crippen LogP contribution is -2.37. The summed E-state index contributed by atoms with van der Waals surface area (Å²) < 4.78 is 44.3. The predicted molar refractivity (Wildman–Crippen MR) is 85.9 cm³/mol. The van der Waals surface area contributed by atoms with E-state index in [1.165, 1.54) is 12.1 Å². The first-order chi connectivity index (χ1) is 10.8. The number of rotatable bonds is 5. The van der Waals surface area contributed by atoms with Crippen LogP contribution in [0.1, 0.15) is 25.0 Å². The largest absolute Gasteiger partial charge is 0.416 e. The maximum Gasteiger partial charge on any atom is 0.416 e. The number of anilines is 1. The predicted octanol–water partition coefficient (Wildman–Crippen LogP) is 3.42. The Morgan fingerprint density at radius 2 is 1.87 bits per heavy atom. The van der Waals surface area contributed by atoms with Crippen LogP contribution in [0.5, 0.6) is 0 Å². The third kappa shape index (κ3) is 4.85. The zero-order chi connectivity index (χ0) is 17.0. The van der Waals surface area contributed by atoms with E-state index in [2.05, 4.69) is 4.90 Å². The van der Waals surface area contributed by atoms with Crippen molar-refractivity contribution in [1.29, 1.82) is 0 Å². The van der Waals surface area contributed by atoms with Crippen molar-refractivity contribution >= 4 is 5.69 Å². The summed E-state index contributed by atoms with van der Waals surface area (Å²) in [4.78, 5) is 4.20. The van der Waals surface area contributed by atoms with Gasteiger partial charge in [-0.15, -0.1) is 0 Å². The molecule has 0 bridgehead atoms. The highest BCUT2D eigenvalue weighted by molar-refractivity contribution is 5.56. The molecule has 0 aliphatic carbocycles. The van der Waals surface area contributed by atoms with Crippen LogP contribution in [-0.2, 0) is 17.3 Å². The van der Waals surface area contributed by atoms with E-state index in [-0.39, 0.29) is 6.04 Å². The van der Waals surface area contributed by atoms with Crippen LogP contribution >= 0.6 is 0 Å². The summed E-state index contributed by atoms with van der Waals surface area (Å²) in [6.07, 6.45) is -3.57. The van der Waals surface area contributed by atoms with Crippen molar-refractivity contribution in [2.24, 2.45) is 0 Å². The van der Waals surface area contributed by atoms with Crippen molar-refractivity contribution in [3.8, 4) is 0 Å². The Morgan fingerprint density at radius 1 is 1.22 bits per heavy atom. The number of hydrogen-bond donors (Lipinski definition) is 0. The molecule has 0 amide bonds. The van der Waals surface area contributed by atoms with Crippen LogP contribution in [0.4, 0.5) is 18.9 Å². The van der Waals surface area contributed by atoms with Crippen molar-refractivity contribution in [3.63, 3.8) is 0 Å². The smallest absolute Gasteiger partial charge is 0.379 e. The number of benzene rings is 1. The molecule has 1 aromatic carbocycles. The summed E-state index contributed by atoms with van der Waals surface area (Å²) in [6.45, 7) is 8.02. The van der Waals surface area contributed by atoms with Gasteiger partial charge in [0.1, 0.15) is 0 Å². The summed E-state index contributed by atoms with van der Waals surface area (Å²) in [5, 5.41) is 0. The van der Waals surface area contributed by atoms with Crippen LogP contribution in [0.15, 0.2) is 18.2 Å². The second kappa shape index (κ2) is 7.53. The first-order valence-corrected chi connectivity index (χ1v) is 8.02. The van der Waals surface area contributed by atoms with E-state index >= 15 is 0 Å². The van der Waals surface area contributed by atoms with Gasteiger partial charge in [-0.1, -0.05) is 6.07 Å². The minimum atomic E-state index is -4.31. The molecule has 1 heterocycles. The fraction of sp³-hybridized carbons (Fsp3) is 0.647. The van der Waals surface area contributed by atoms with Gasteiger partial charge in [0.15, 0.2) is 0 Å². The lowest BCUT2D eigenvalue weighted by atomic mass is 10.0. The molecule has 6 heteroatoms. The normalized spacial score (nSPS) is 16.8. The Morgan fingerprint density at radius 3 is 2.43 bits per heavy atom. The Bertz CT molecular complexity index is 511. The minimum absolute atomic E-state index is 0.139. The van der Waals surface area contributed by atoms with Gasteiger partial charge in [-0.3, -0.25) is 4.90 Å². The number of ether oxygens (including phenoxy) is 1. The van der Waals surface area contributed by atoms with E-state index in [1.54, 1.807) is 6.07 Å². The molecule has 1 aliphatic rings. The molecule has 0 N–H and O–H groups in total. The molecule has 0 atom stereocenters. The number of hydrogen-bond acceptors (Lipinski definition) is 3. The van der Waals surface area contributed by atoms with Crippen molar-refractivity contribution in [2.75, 3.05) is 44.8 Å². The quantitative estimate of drug-likeness (QED) is 0.823. The zero-order valence-corrected chi connectivity index (χ0v) is 14.0. The van der Waals surface area contributed by atoms with E-state index in [1.807, 2.05) is 25.8 Å². The Hall–Kier alpha value is -1.27. The topological polar surface area (TPSA) is 15.7 Å². The second-order valence-corrected chi connectivity index (χ2v) is 6.25. The molecular formula is C17H25F3N2O. The fourth-order valence-electron chi connectivity index (χ4n) is 2.66. The molecule has 0 unspecified atom stereocenters. The van der Waals surface area contributed by atoms with Crippen LogP contribution < -0.4 is 4.90 Å². The van der Waals surface area contributed by atoms with Gasteiger partial charge in [0.05, 0.1) is 18.8 Å². The molecule has 130 valence electrons. The molecule has 1 saturated heterocycles. The third-order valence-corrected chi connectivity index (χ3v) is 4.37. The van der Waals surface area contributed by atoms with Gasteiger partial charge in [0.25, 0.3) is 0 Å². The van der Waals surface area contributed by atoms with Gasteiger partial charge in [-0.05, 0) is 38.0 Å². The highest BCUT2D eigenvalue weighted by Crippen LogP contribution is 2.34. The Labute approximate surface area is 136 Å². The molecule has 3 nitrogen and oxygen atoms in total. The van der Waals surface area contributed by atoms with E-state index < -0.39 is 11.7 Å². The first-order valence-electron chi connectivity index (χ1n) is 8.02. The van der Waals surface area contributed by atoms with Gasteiger partial charge >= 0.3 is 6.18 Å². The van der Waals surface area contributed by atoms with Crippen LogP contribution in [0.25, 0.3) is 0 Å². The average molecular weight is 330 g/mol. The van der Waals surface area contributed by atoms with E-state index in [0.717, 1.165) is 44.8 Å². The average Bonchev–Trinajstić information content (AvgIpc) is 2.52. The van der Waals surface area contributed by atoms with Gasteiger partial charge in [-0.25, -0.2) is 0 Å². The molecule has 0 spiro atoms. The maximum atomic E-state index is 13.0. The Kier molecular flexibility index (Phi) is 5.92. The third-order valence-electron chi connectivity index (χ3n) is 4.37. The Balaban J connectivity index is 2.19. The summed E-state index contributed by atoms with van der Waals surface area (Å²) >= 11 is 0. The molecule has 1 aliphatic heterocycles. The van der Waals surface area contributed by atoms with Crippen LogP contribution in [0.3, 0.4) is 0 Å². The molecule has 0 aromatic heterocycles. The number of halogens is 3. The molecule has 0 radical (unpaired) electrons. The van der Waals surface area contributed by atoms with Crippen LogP contribution in [0.2, 0.25) is 0 Å². The molecule has 23 heavy (non-hydrogen) atoms. The number of alkyl halides is 3. The first kappa shape index (κ1) is 18.1. The highest BCUT2D eigenvalue weighted by atomic mass is 19.4. The van der Waals surface area contributed by atoms with E-state index in [4.69, 9.17) is 4.74 Å². The molecule has 0 saturated carbocycles. The standard InChI is InChI=1S/C17H25F3N2O/c1-13(2)21(3)16-12-15(17(18,19)20)5-4-14(16)6-7-22-8-10-23-11-9-22/h4-5,12-13H,6-11H2,1-3H3. The van der Waals surface area contributed by atoms with Crippen molar-refractivity contribution in [1.82, 2.24) is 4.90 Å². The summed E-state index contributed by atoms with van der Waals surface area (Å²) in [6, 6.07) is 4.22. The summed E-state index contributed by atoms with van der Waals surface area (Å²) in [7, 11) is 1.85. The SMILES string of the molecule is CC(C)N(C)c1cc(C(F)(F)F)ccc1CCN1CCOCC1.